The molecule has 2 bridgehead atoms. The summed E-state index contributed by atoms with van der Waals surface area (Å²) in [6, 6.07) is 31.0. The fourth-order valence-electron chi connectivity index (χ4n) is 11.6. The first kappa shape index (κ1) is 49.5. The molecule has 8 rings (SSSR count). The molecule has 4 aromatic carbocycles. The third-order valence-electron chi connectivity index (χ3n) is 15.3. The van der Waals surface area contributed by atoms with Gasteiger partial charge in [-0.15, -0.1) is 0 Å². The van der Waals surface area contributed by atoms with Crippen molar-refractivity contribution >= 4 is 41.5 Å². The highest BCUT2D eigenvalue weighted by molar-refractivity contribution is 5.97. The number of amides is 1. The van der Waals surface area contributed by atoms with E-state index in [0.29, 0.717) is 12.0 Å². The quantitative estimate of drug-likeness (QED) is 0.0774. The van der Waals surface area contributed by atoms with Gasteiger partial charge in [-0.25, -0.2) is 14.4 Å². The highest BCUT2D eigenvalue weighted by atomic mass is 16.6. The van der Waals surface area contributed by atoms with E-state index in [9.17, 15) is 34.2 Å². The fraction of sp³-hybridized carbons (Fsp3) is 0.400. The second-order valence-corrected chi connectivity index (χ2v) is 19.5. The van der Waals surface area contributed by atoms with Crippen molar-refractivity contribution in [3.63, 3.8) is 0 Å². The number of hydrogen-bond acceptors (Lipinski definition) is 14. The highest BCUT2D eigenvalue weighted by Gasteiger charge is 2.77. The van der Waals surface area contributed by atoms with E-state index in [-0.39, 0.29) is 40.7 Å². The molecule has 0 heterocycles. The smallest absolute Gasteiger partial charge is 0.350 e. The molecule has 0 aliphatic heterocycles. The lowest BCUT2D eigenvalue weighted by Crippen LogP contribution is -2.78. The van der Waals surface area contributed by atoms with Gasteiger partial charge in [-0.05, 0) is 86.2 Å². The Kier molecular flexibility index (Phi) is 13.5. The molecular formula is C55H57NO14. The van der Waals surface area contributed by atoms with Crippen LogP contribution in [0, 0.1) is 22.7 Å². The van der Waals surface area contributed by atoms with Crippen LogP contribution in [0.5, 0.6) is 0 Å². The predicted octanol–water partition coefficient (Wildman–Crippen LogP) is 6.61. The van der Waals surface area contributed by atoms with Gasteiger partial charge in [0.05, 0.1) is 28.6 Å². The number of nitrogens with one attached hydrogen (secondary N) is 1. The molecule has 3 fully saturated rings. The Morgan fingerprint density at radius 1 is 0.714 bits per heavy atom. The van der Waals surface area contributed by atoms with E-state index >= 15 is 9.59 Å². The van der Waals surface area contributed by atoms with Gasteiger partial charge in [0, 0.05) is 37.2 Å². The molecule has 0 spiro atoms. The summed E-state index contributed by atoms with van der Waals surface area (Å²) >= 11 is 0. The summed E-state index contributed by atoms with van der Waals surface area (Å²) in [5.74, 6) is -8.10. The average Bonchev–Trinajstić information content (AvgIpc) is 3.34. The van der Waals surface area contributed by atoms with Crippen LogP contribution in [0.15, 0.2) is 132 Å². The van der Waals surface area contributed by atoms with E-state index in [2.05, 4.69) is 5.32 Å². The van der Waals surface area contributed by atoms with Crippen LogP contribution < -0.4 is 5.32 Å². The van der Waals surface area contributed by atoms with Crippen molar-refractivity contribution in [3.05, 3.63) is 155 Å². The second-order valence-electron chi connectivity index (χ2n) is 19.5. The van der Waals surface area contributed by atoms with Crippen molar-refractivity contribution in [1.29, 1.82) is 0 Å². The monoisotopic (exact) mass is 955 g/mol. The van der Waals surface area contributed by atoms with Gasteiger partial charge in [-0.3, -0.25) is 19.2 Å². The predicted molar refractivity (Wildman–Crippen MR) is 250 cm³/mol. The van der Waals surface area contributed by atoms with Crippen molar-refractivity contribution in [2.45, 2.75) is 115 Å². The number of fused-ring (bicyclic) bond motifs is 5. The van der Waals surface area contributed by atoms with E-state index in [1.807, 2.05) is 0 Å². The summed E-state index contributed by atoms with van der Waals surface area (Å²) in [4.78, 5) is 99.9. The first-order valence-electron chi connectivity index (χ1n) is 23.4. The van der Waals surface area contributed by atoms with Crippen molar-refractivity contribution < 1.29 is 67.5 Å². The lowest BCUT2D eigenvalue weighted by atomic mass is 9.41. The van der Waals surface area contributed by atoms with Crippen molar-refractivity contribution in [1.82, 2.24) is 5.32 Å². The number of ether oxygens (including phenoxy) is 5. The normalized spacial score (nSPS) is 29.4. The number of aliphatic hydroxyl groups excluding tert-OH is 1. The van der Waals surface area contributed by atoms with Gasteiger partial charge >= 0.3 is 29.8 Å². The Balaban J connectivity index is 1.31. The van der Waals surface area contributed by atoms with Crippen molar-refractivity contribution in [3.8, 4) is 0 Å². The highest BCUT2D eigenvalue weighted by Crippen LogP contribution is 2.67. The van der Waals surface area contributed by atoms with E-state index in [1.54, 1.807) is 118 Å². The lowest BCUT2D eigenvalue weighted by molar-refractivity contribution is -0.296. The molecule has 1 unspecified atom stereocenters. The van der Waals surface area contributed by atoms with Crippen LogP contribution in [0.3, 0.4) is 0 Å². The largest absolute Gasteiger partial charge is 0.458 e. The molecule has 4 aromatic rings. The third-order valence-corrected chi connectivity index (χ3v) is 15.3. The minimum atomic E-state index is -2.40. The maximum atomic E-state index is 15.8. The molecule has 1 amide bonds. The van der Waals surface area contributed by atoms with Gasteiger partial charge in [0.15, 0.2) is 11.9 Å². The Labute approximate surface area is 405 Å². The minimum Gasteiger partial charge on any atom is -0.458 e. The Hall–Kier alpha value is -6.97. The number of rotatable bonds is 12. The maximum absolute atomic E-state index is 15.8. The van der Waals surface area contributed by atoms with Crippen LogP contribution in [0.1, 0.15) is 110 Å². The zero-order chi connectivity index (χ0) is 50.3. The molecule has 0 radical (unpaired) electrons. The Bertz CT molecular complexity index is 2710. The van der Waals surface area contributed by atoms with Gasteiger partial charge in [-0.2, -0.15) is 0 Å². The summed E-state index contributed by atoms with van der Waals surface area (Å²) in [6.45, 7) is 8.48. The zero-order valence-corrected chi connectivity index (χ0v) is 39.8. The number of Topliss-reactive ketones (excluding diaryl/α,β-unsaturated/α-hetero) is 1. The van der Waals surface area contributed by atoms with Gasteiger partial charge in [-0.1, -0.05) is 98.8 Å². The summed E-state index contributed by atoms with van der Waals surface area (Å²) in [5.41, 5.74) is -6.77. The van der Waals surface area contributed by atoms with Crippen LogP contribution in [-0.4, -0.2) is 93.5 Å². The van der Waals surface area contributed by atoms with Gasteiger partial charge in [0.25, 0.3) is 5.91 Å². The molecule has 4 aliphatic rings. The van der Waals surface area contributed by atoms with E-state index in [0.717, 1.165) is 6.92 Å². The van der Waals surface area contributed by atoms with E-state index in [1.165, 1.54) is 38.1 Å². The van der Waals surface area contributed by atoms with Crippen LogP contribution in [0.4, 0.5) is 0 Å². The number of esters is 5. The van der Waals surface area contributed by atoms with Crippen LogP contribution in [0.2, 0.25) is 0 Å². The van der Waals surface area contributed by atoms with E-state index in [4.69, 9.17) is 23.7 Å². The lowest BCUT2D eigenvalue weighted by Gasteiger charge is -2.68. The number of carbonyl (C=O) groups is 7. The number of aliphatic hydroxyl groups is 2. The topological polar surface area (TPSA) is 218 Å². The summed E-state index contributed by atoms with van der Waals surface area (Å²) in [7, 11) is 0. The molecule has 15 heteroatoms. The number of benzene rings is 4. The maximum Gasteiger partial charge on any atom is 0.350 e. The first-order chi connectivity index (χ1) is 33.2. The third kappa shape index (κ3) is 8.59. The average molecular weight is 956 g/mol. The molecule has 3 saturated carbocycles. The van der Waals surface area contributed by atoms with Gasteiger partial charge in [0.1, 0.15) is 29.5 Å². The number of hydrogen-bond donors (Lipinski definition) is 3. The molecule has 366 valence electrons. The molecule has 70 heavy (non-hydrogen) atoms. The Morgan fingerprint density at radius 3 is 1.79 bits per heavy atom. The Morgan fingerprint density at radius 2 is 1.26 bits per heavy atom. The van der Waals surface area contributed by atoms with Crippen LogP contribution >= 0.6 is 0 Å². The summed E-state index contributed by atoms with van der Waals surface area (Å²) < 4.78 is 31.2. The van der Waals surface area contributed by atoms with Gasteiger partial charge < -0.3 is 39.2 Å². The van der Waals surface area contributed by atoms with Crippen LogP contribution in [0.25, 0.3) is 0 Å². The molecule has 15 nitrogen and oxygen atoms in total. The molecule has 11 atom stereocenters. The minimum absolute atomic E-state index is 0.000950. The van der Waals surface area contributed by atoms with Crippen molar-refractivity contribution in [2.75, 3.05) is 0 Å². The number of ketones is 1. The van der Waals surface area contributed by atoms with E-state index < -0.39 is 118 Å². The zero-order valence-electron chi connectivity index (χ0n) is 39.8. The second kappa shape index (κ2) is 19.1. The fourth-order valence-corrected chi connectivity index (χ4v) is 11.6. The number of carbonyl (C=O) groups excluding carboxylic acids is 7. The molecule has 4 aliphatic carbocycles. The molecule has 0 aromatic heterocycles. The SMILES string of the molecule is CC(=O)O[C@H]1C(=O)[C@@]2(C)C([C@H](OC(=O)c3ccccc3)[C@]3(O)C[C@H](OC(=O)[C@H](OC(=O)c4ccccc4)[C@@H](NC(=O)c4ccccc4)c4ccccc4)C(C)=C1C3(C)C)[C@]1(OC(C)=O)CC[C@@H]1C[C@@H]2O. The molecular weight excluding hydrogens is 899 g/mol. The molecule has 0 saturated heterocycles. The van der Waals surface area contributed by atoms with Crippen LogP contribution in [-0.2, 0) is 42.9 Å². The summed E-state index contributed by atoms with van der Waals surface area (Å²) in [5, 5.41) is 29.1. The van der Waals surface area contributed by atoms with Gasteiger partial charge in [0.2, 0.25) is 6.10 Å². The standard InChI is InChI=1S/C55H57NO14/c1-31-39(67-51(64)44(68-49(62)36-23-15-9-16-24-36)42(34-19-11-7-12-20-34)56-48(61)35-21-13-8-14-22-35)30-55(65)47(69-50(63)37-25-17-10-18-26-37)45-53(6,40(59)29-38-27-28-54(38,45)70-33(3)58)46(60)43(66-32(2)57)41(31)52(55,4)5/h7-26,38-40,42-45,47,59,65H,27-30H2,1-6H3,(H,56,61)/t38-,39+,40+,42+,43-,44-,45?,47+,53-,54+,55-/m1/s1. The first-order valence-corrected chi connectivity index (χ1v) is 23.4. The summed E-state index contributed by atoms with van der Waals surface area (Å²) in [6.07, 6.45) is -8.49. The molecule has 3 N–H and O–H groups in total. The van der Waals surface area contributed by atoms with Crippen molar-refractivity contribution in [2.24, 2.45) is 22.7 Å².